The van der Waals surface area contributed by atoms with Crippen LogP contribution in [0.2, 0.25) is 0 Å². The van der Waals surface area contributed by atoms with E-state index in [4.69, 9.17) is 21.7 Å². The van der Waals surface area contributed by atoms with Crippen LogP contribution >= 0.6 is 23.6 Å². The number of anilines is 2. The third kappa shape index (κ3) is 12.0. The van der Waals surface area contributed by atoms with Gasteiger partial charge in [0.2, 0.25) is 23.6 Å². The molecule has 2 aliphatic heterocycles. The van der Waals surface area contributed by atoms with Crippen molar-refractivity contribution in [2.24, 2.45) is 5.41 Å². The van der Waals surface area contributed by atoms with Gasteiger partial charge in [0.05, 0.1) is 45.3 Å². The molecule has 0 unspecified atom stereocenters. The van der Waals surface area contributed by atoms with Gasteiger partial charge in [-0.25, -0.2) is 14.4 Å². The number of hydrogen-bond donors (Lipinski definition) is 3. The molecule has 0 spiro atoms. The van der Waals surface area contributed by atoms with Gasteiger partial charge < -0.3 is 35.2 Å². The largest absolute Gasteiger partial charge is 0.439 e. The van der Waals surface area contributed by atoms with E-state index in [0.29, 0.717) is 48.6 Å². The van der Waals surface area contributed by atoms with Crippen molar-refractivity contribution in [3.8, 4) is 28.1 Å². The smallest absolute Gasteiger partial charge is 0.420 e. The molecule has 2 aliphatic rings. The van der Waals surface area contributed by atoms with E-state index in [9.17, 15) is 42.4 Å². The number of benzene rings is 3. The lowest BCUT2D eigenvalue weighted by Gasteiger charge is -2.35. The standard InChI is InChI=1S/C52H53F4N9O7S2/c1-30-43(74-29-61-30)32-12-10-31(11-13-32)26-60-46(68)38-9-7-23-63(38)47(69)44(50(2,3)4)62-39(66)28-71-24-8-22-58-45(67)33-14-18-36(19-15-33)72-40-21-17-35(27-59-40)65-49(73)64(48(70)51(65,5)6)37-20-16-34(25-57)41(42(37)53)52(54,55)56/h10-21,27,29,38,44H,7-9,22-24,26,28H2,1-6H3,(H,58,67)(H,60,68)(H,62,66)/t38-,44+/m0/s1. The van der Waals surface area contributed by atoms with E-state index in [0.717, 1.165) is 33.8 Å². The number of nitrogens with one attached hydrogen (secondary N) is 3. The van der Waals surface area contributed by atoms with Gasteiger partial charge in [-0.3, -0.25) is 28.9 Å². The Balaban J connectivity index is 0.838. The highest BCUT2D eigenvalue weighted by Gasteiger charge is 2.52. The summed E-state index contributed by atoms with van der Waals surface area (Å²) in [7, 11) is 0. The summed E-state index contributed by atoms with van der Waals surface area (Å²) in [5.74, 6) is -3.67. The maximum Gasteiger partial charge on any atom is 0.420 e. The number of halogens is 4. The van der Waals surface area contributed by atoms with Gasteiger partial charge in [-0.05, 0) is 111 Å². The zero-order valence-corrected chi connectivity index (χ0v) is 42.9. The van der Waals surface area contributed by atoms with Crippen LogP contribution in [-0.2, 0) is 36.6 Å². The number of hydrogen-bond acceptors (Lipinski definition) is 12. The quantitative estimate of drug-likeness (QED) is 0.0459. The number of aryl methyl sites for hydroxylation is 1. The zero-order valence-electron chi connectivity index (χ0n) is 41.3. The molecule has 388 valence electrons. The normalized spacial score (nSPS) is 16.0. The monoisotopic (exact) mass is 1060 g/mol. The molecule has 5 amide bonds. The molecule has 4 heterocycles. The van der Waals surface area contributed by atoms with Crippen molar-refractivity contribution in [1.29, 1.82) is 5.26 Å². The van der Waals surface area contributed by atoms with Gasteiger partial charge in [-0.15, -0.1) is 11.3 Å². The Kier molecular flexibility index (Phi) is 16.5. The molecule has 2 fully saturated rings. The van der Waals surface area contributed by atoms with Gasteiger partial charge in [-0.1, -0.05) is 45.0 Å². The van der Waals surface area contributed by atoms with Crippen molar-refractivity contribution in [3.05, 3.63) is 118 Å². The van der Waals surface area contributed by atoms with E-state index in [1.807, 2.05) is 52.0 Å². The number of likely N-dealkylation sites (tertiary alicyclic amines) is 1. The number of carbonyl (C=O) groups excluding carboxylic acids is 5. The van der Waals surface area contributed by atoms with Crippen molar-refractivity contribution in [3.63, 3.8) is 0 Å². The molecular weight excluding hydrogens is 1000 g/mol. The minimum absolute atomic E-state index is 0.108. The number of amides is 5. The van der Waals surface area contributed by atoms with Crippen molar-refractivity contribution in [2.75, 3.05) is 36.1 Å². The summed E-state index contributed by atoms with van der Waals surface area (Å²) in [4.78, 5) is 80.1. The first kappa shape index (κ1) is 54.4. The first-order valence-corrected chi connectivity index (χ1v) is 24.8. The Morgan fingerprint density at radius 2 is 1.70 bits per heavy atom. The fraction of sp³-hybridized carbons (Fsp3) is 0.365. The summed E-state index contributed by atoms with van der Waals surface area (Å²) < 4.78 is 68.1. The molecule has 22 heteroatoms. The summed E-state index contributed by atoms with van der Waals surface area (Å²) >= 11 is 7.07. The van der Waals surface area contributed by atoms with Crippen molar-refractivity contribution in [2.45, 2.75) is 91.1 Å². The zero-order chi connectivity index (χ0) is 53.7. The van der Waals surface area contributed by atoms with Crippen molar-refractivity contribution in [1.82, 2.24) is 30.8 Å². The number of carbonyl (C=O) groups is 5. The third-order valence-electron chi connectivity index (χ3n) is 12.4. The number of aromatic nitrogens is 2. The molecule has 0 aliphatic carbocycles. The second-order valence-corrected chi connectivity index (χ2v) is 20.3. The predicted molar refractivity (Wildman–Crippen MR) is 272 cm³/mol. The van der Waals surface area contributed by atoms with Gasteiger partial charge in [0.1, 0.15) is 35.5 Å². The Morgan fingerprint density at radius 1 is 0.986 bits per heavy atom. The van der Waals surface area contributed by atoms with Gasteiger partial charge in [0.15, 0.2) is 10.9 Å². The van der Waals surface area contributed by atoms with E-state index in [1.54, 1.807) is 33.9 Å². The molecular formula is C52H53F4N9O7S2. The number of alkyl halides is 3. The second-order valence-electron chi connectivity index (χ2n) is 19.1. The van der Waals surface area contributed by atoms with Crippen molar-refractivity contribution >= 4 is 69.6 Å². The van der Waals surface area contributed by atoms with Crippen LogP contribution in [0.15, 0.2) is 84.5 Å². The summed E-state index contributed by atoms with van der Waals surface area (Å²) in [5, 5.41) is 17.4. The topological polar surface area (TPSA) is 199 Å². The first-order valence-electron chi connectivity index (χ1n) is 23.5. The lowest BCUT2D eigenvalue weighted by molar-refractivity contribution is -0.144. The lowest BCUT2D eigenvalue weighted by Crippen LogP contribution is -2.58. The molecule has 16 nitrogen and oxygen atoms in total. The molecule has 3 N–H and O–H groups in total. The highest BCUT2D eigenvalue weighted by Crippen LogP contribution is 2.42. The van der Waals surface area contributed by atoms with Crippen LogP contribution in [0, 0.1) is 29.5 Å². The van der Waals surface area contributed by atoms with Crippen LogP contribution in [0.5, 0.6) is 11.6 Å². The maximum atomic E-state index is 15.4. The second kappa shape index (κ2) is 22.4. The average molecular weight is 1060 g/mol. The number of thiocarbonyl (C=S) groups is 1. The summed E-state index contributed by atoms with van der Waals surface area (Å²) in [6.07, 6.45) is -2.37. The highest BCUT2D eigenvalue weighted by atomic mass is 32.1. The number of thiazole rings is 1. The van der Waals surface area contributed by atoms with Crippen LogP contribution in [0.1, 0.15) is 86.6 Å². The van der Waals surface area contributed by atoms with Crippen LogP contribution < -0.4 is 30.5 Å². The summed E-state index contributed by atoms with van der Waals surface area (Å²) in [6, 6.07) is 18.5. The molecule has 0 saturated carbocycles. The molecule has 7 rings (SSSR count). The molecule has 0 bridgehead atoms. The molecule has 2 atom stereocenters. The van der Waals surface area contributed by atoms with E-state index < -0.39 is 63.7 Å². The minimum atomic E-state index is -5.22. The number of pyridine rings is 1. The molecule has 0 radical (unpaired) electrons. The highest BCUT2D eigenvalue weighted by molar-refractivity contribution is 7.81. The molecule has 2 saturated heterocycles. The van der Waals surface area contributed by atoms with Crippen LogP contribution in [0.4, 0.5) is 28.9 Å². The van der Waals surface area contributed by atoms with Crippen LogP contribution in [0.25, 0.3) is 10.4 Å². The van der Waals surface area contributed by atoms with Crippen molar-refractivity contribution < 1.29 is 51.0 Å². The summed E-state index contributed by atoms with van der Waals surface area (Å²) in [6.45, 7) is 11.1. The Bertz CT molecular complexity index is 2970. The molecule has 5 aromatic rings. The molecule has 74 heavy (non-hydrogen) atoms. The first-order chi connectivity index (χ1) is 35.0. The van der Waals surface area contributed by atoms with E-state index in [-0.39, 0.29) is 54.2 Å². The Morgan fingerprint density at radius 3 is 2.32 bits per heavy atom. The molecule has 2 aromatic heterocycles. The van der Waals surface area contributed by atoms with Gasteiger partial charge in [0.25, 0.3) is 11.8 Å². The van der Waals surface area contributed by atoms with E-state index in [2.05, 4.69) is 25.9 Å². The van der Waals surface area contributed by atoms with E-state index in [1.165, 1.54) is 55.3 Å². The third-order valence-corrected chi connectivity index (χ3v) is 13.8. The number of rotatable bonds is 17. The van der Waals surface area contributed by atoms with Crippen LogP contribution in [-0.4, -0.2) is 93.4 Å². The average Bonchev–Trinajstić information content (AvgIpc) is 4.07. The Labute approximate surface area is 434 Å². The number of nitrogens with zero attached hydrogens (tertiary/aromatic N) is 6. The van der Waals surface area contributed by atoms with Gasteiger partial charge in [0, 0.05) is 37.9 Å². The Hall–Kier alpha value is -7.35. The fourth-order valence-electron chi connectivity index (χ4n) is 8.53. The van der Waals surface area contributed by atoms with Crippen LogP contribution in [0.3, 0.4) is 0 Å². The van der Waals surface area contributed by atoms with Gasteiger partial charge in [-0.2, -0.15) is 18.4 Å². The molecule has 3 aromatic carbocycles. The van der Waals surface area contributed by atoms with Gasteiger partial charge >= 0.3 is 6.18 Å². The SMILES string of the molecule is Cc1ncsc1-c1ccc(CNC(=O)[C@@H]2CCCN2C(=O)[C@@H](NC(=O)COCCCNC(=O)c2ccc(Oc3ccc(N4C(=S)N(c5ccc(C#N)c(C(F)(F)F)c5F)C(=O)C4(C)C)cn3)cc2)C(C)(C)C)cc1. The maximum absolute atomic E-state index is 15.4. The minimum Gasteiger partial charge on any atom is -0.439 e. The number of nitriles is 1. The fourth-order valence-corrected chi connectivity index (χ4v) is 9.86. The predicted octanol–water partition coefficient (Wildman–Crippen LogP) is 8.23. The lowest BCUT2D eigenvalue weighted by atomic mass is 9.85. The summed E-state index contributed by atoms with van der Waals surface area (Å²) in [5.41, 5.74) is -0.357. The van der Waals surface area contributed by atoms with E-state index >= 15 is 4.39 Å². The number of ether oxygens (including phenoxy) is 2.